The van der Waals surface area contributed by atoms with E-state index in [2.05, 4.69) is 6.07 Å². The lowest BCUT2D eigenvalue weighted by Gasteiger charge is -2.33. The molecule has 5 rings (SSSR count). The molecule has 0 fully saturated rings. The van der Waals surface area contributed by atoms with Crippen LogP contribution in [0.1, 0.15) is 27.8 Å². The highest BCUT2D eigenvalue weighted by atomic mass is 19.4. The molecule has 0 radical (unpaired) electrons. The summed E-state index contributed by atoms with van der Waals surface area (Å²) >= 11 is 0. The van der Waals surface area contributed by atoms with Crippen LogP contribution >= 0.6 is 0 Å². The second-order valence-electron chi connectivity index (χ2n) is 10.2. The van der Waals surface area contributed by atoms with Gasteiger partial charge in [0.25, 0.3) is 0 Å². The third-order valence-electron chi connectivity index (χ3n) is 7.53. The Morgan fingerprint density at radius 3 is 2.34 bits per heavy atom. The molecule has 0 spiro atoms. The first kappa shape index (κ1) is 26.0. The molecule has 0 amide bonds. The van der Waals surface area contributed by atoms with Crippen molar-refractivity contribution in [3.05, 3.63) is 125 Å². The van der Waals surface area contributed by atoms with Gasteiger partial charge in [0, 0.05) is 23.2 Å². The van der Waals surface area contributed by atoms with Crippen LogP contribution in [0.3, 0.4) is 0 Å². The second kappa shape index (κ2) is 9.91. The fourth-order valence-corrected chi connectivity index (χ4v) is 5.70. The largest absolute Gasteiger partial charge is 0.416 e. The smallest absolute Gasteiger partial charge is 0.382 e. The maximum atomic E-state index is 15.2. The monoisotopic (exact) mass is 519 g/mol. The number of nitrogens with zero attached hydrogens (tertiary/aromatic N) is 1. The van der Waals surface area contributed by atoms with Crippen LogP contribution < -0.4 is 4.90 Å². The first-order valence-corrected chi connectivity index (χ1v) is 12.6. The molecule has 6 heteroatoms. The molecule has 1 N–H and O–H groups in total. The minimum Gasteiger partial charge on any atom is -0.382 e. The van der Waals surface area contributed by atoms with Gasteiger partial charge < -0.3 is 10.0 Å². The molecule has 1 unspecified atom stereocenters. The molecule has 4 aromatic rings. The van der Waals surface area contributed by atoms with Crippen LogP contribution in [0.4, 0.5) is 23.2 Å². The normalized spacial score (nSPS) is 17.9. The Morgan fingerprint density at radius 2 is 1.61 bits per heavy atom. The van der Waals surface area contributed by atoms with Crippen molar-refractivity contribution >= 4 is 5.69 Å². The van der Waals surface area contributed by atoms with Crippen molar-refractivity contribution in [2.45, 2.75) is 38.0 Å². The van der Waals surface area contributed by atoms with Crippen LogP contribution in [0.15, 0.2) is 91.0 Å². The first-order valence-electron chi connectivity index (χ1n) is 12.6. The summed E-state index contributed by atoms with van der Waals surface area (Å²) in [5.41, 5.74) is 5.81. The number of benzene rings is 4. The summed E-state index contributed by atoms with van der Waals surface area (Å²) in [6, 6.07) is 28.0. The topological polar surface area (TPSA) is 23.5 Å². The van der Waals surface area contributed by atoms with E-state index in [-0.39, 0.29) is 12.4 Å². The fraction of sp³-hybridized carbons (Fsp3) is 0.250. The number of alkyl halides is 3. The van der Waals surface area contributed by atoms with Crippen LogP contribution in [-0.4, -0.2) is 30.5 Å². The second-order valence-corrected chi connectivity index (χ2v) is 10.2. The number of hydrogen-bond acceptors (Lipinski definition) is 2. The predicted octanol–water partition coefficient (Wildman–Crippen LogP) is 7.38. The first-order chi connectivity index (χ1) is 18.1. The Balaban J connectivity index is 1.70. The average Bonchev–Trinajstić information content (AvgIpc) is 3.18. The summed E-state index contributed by atoms with van der Waals surface area (Å²) in [7, 11) is 0. The quantitative estimate of drug-likeness (QED) is 0.269. The van der Waals surface area contributed by atoms with Gasteiger partial charge in [0.2, 0.25) is 0 Å². The van der Waals surface area contributed by atoms with Crippen LogP contribution in [0, 0.1) is 19.7 Å². The van der Waals surface area contributed by atoms with Crippen LogP contribution in [0.25, 0.3) is 11.1 Å². The molecular weight excluding hydrogens is 490 g/mol. The third-order valence-corrected chi connectivity index (χ3v) is 7.53. The molecule has 1 aliphatic rings. The molecule has 0 aromatic heterocycles. The van der Waals surface area contributed by atoms with Crippen molar-refractivity contribution < 1.29 is 22.7 Å². The van der Waals surface area contributed by atoms with E-state index in [1.54, 1.807) is 23.1 Å². The SMILES string of the molecule is Cc1cccc(CC2(c3ccc(F)c(-c4ccccc4C)c3)CN(C[C@@H](O)C(F)(F)F)c3ccccc32)c1. The Morgan fingerprint density at radius 1 is 0.868 bits per heavy atom. The molecule has 1 aliphatic heterocycles. The van der Waals surface area contributed by atoms with Gasteiger partial charge in [-0.25, -0.2) is 4.39 Å². The molecule has 4 aromatic carbocycles. The molecular formula is C32H29F4NO. The lowest BCUT2D eigenvalue weighted by atomic mass is 9.71. The number of fused-ring (bicyclic) bond motifs is 1. The van der Waals surface area contributed by atoms with Crippen molar-refractivity contribution in [2.24, 2.45) is 0 Å². The van der Waals surface area contributed by atoms with Crippen molar-refractivity contribution in [1.29, 1.82) is 0 Å². The summed E-state index contributed by atoms with van der Waals surface area (Å²) in [4.78, 5) is 1.61. The van der Waals surface area contributed by atoms with E-state index in [0.717, 1.165) is 33.4 Å². The Kier molecular flexibility index (Phi) is 6.78. The Hall–Kier alpha value is -3.64. The van der Waals surface area contributed by atoms with Gasteiger partial charge in [-0.15, -0.1) is 0 Å². The number of anilines is 1. The number of hydrogen-bond donors (Lipinski definition) is 1. The summed E-state index contributed by atoms with van der Waals surface area (Å²) in [5.74, 6) is -0.357. The van der Waals surface area contributed by atoms with Crippen molar-refractivity contribution in [1.82, 2.24) is 0 Å². The highest BCUT2D eigenvalue weighted by molar-refractivity contribution is 5.72. The standard InChI is InChI=1S/C32H29F4NO/c1-21-8-7-10-23(16-21)18-31(24-14-15-28(33)26(17-24)25-11-4-3-9-22(25)2)20-37(19-30(38)32(34,35)36)29-13-6-5-12-27(29)31/h3-17,30,38H,18-20H2,1-2H3/t30-,31?/m1/s1. The summed E-state index contributed by atoms with van der Waals surface area (Å²) < 4.78 is 55.4. The number of halogens is 4. The van der Waals surface area contributed by atoms with Gasteiger partial charge in [-0.3, -0.25) is 0 Å². The van der Waals surface area contributed by atoms with Gasteiger partial charge in [-0.2, -0.15) is 13.2 Å². The van der Waals surface area contributed by atoms with E-state index in [4.69, 9.17) is 0 Å². The number of aryl methyl sites for hydroxylation is 2. The van der Waals surface area contributed by atoms with E-state index >= 15 is 4.39 Å². The van der Waals surface area contributed by atoms with Crippen molar-refractivity contribution in [2.75, 3.05) is 18.0 Å². The fourth-order valence-electron chi connectivity index (χ4n) is 5.70. The molecule has 0 saturated heterocycles. The van der Waals surface area contributed by atoms with Crippen LogP contribution in [0.5, 0.6) is 0 Å². The van der Waals surface area contributed by atoms with Crippen molar-refractivity contribution in [3.8, 4) is 11.1 Å². The molecule has 2 nitrogen and oxygen atoms in total. The number of para-hydroxylation sites is 1. The molecule has 0 bridgehead atoms. The molecule has 2 atom stereocenters. The van der Waals surface area contributed by atoms with E-state index in [1.807, 2.05) is 74.5 Å². The number of β-amino-alcohol motifs (C(OH)–C–C–N with tert-alkyl or cyclic N) is 1. The van der Waals surface area contributed by atoms with Gasteiger partial charge in [0.05, 0.1) is 6.54 Å². The molecule has 0 aliphatic carbocycles. The van der Waals surface area contributed by atoms with Crippen LogP contribution in [-0.2, 0) is 11.8 Å². The van der Waals surface area contributed by atoms with Gasteiger partial charge in [-0.05, 0) is 66.3 Å². The lowest BCUT2D eigenvalue weighted by Crippen LogP contribution is -2.44. The summed E-state index contributed by atoms with van der Waals surface area (Å²) in [6.45, 7) is 3.56. The summed E-state index contributed by atoms with van der Waals surface area (Å²) in [5, 5.41) is 9.98. The number of aliphatic hydroxyl groups is 1. The zero-order valence-electron chi connectivity index (χ0n) is 21.3. The third kappa shape index (κ3) is 4.81. The zero-order valence-corrected chi connectivity index (χ0v) is 21.3. The molecule has 1 heterocycles. The van der Waals surface area contributed by atoms with E-state index in [0.29, 0.717) is 17.7 Å². The lowest BCUT2D eigenvalue weighted by molar-refractivity contribution is -0.200. The Labute approximate surface area is 220 Å². The average molecular weight is 520 g/mol. The van der Waals surface area contributed by atoms with Crippen LogP contribution in [0.2, 0.25) is 0 Å². The zero-order chi connectivity index (χ0) is 27.1. The molecule has 196 valence electrons. The molecule has 38 heavy (non-hydrogen) atoms. The van der Waals surface area contributed by atoms with Gasteiger partial charge in [0.15, 0.2) is 6.10 Å². The summed E-state index contributed by atoms with van der Waals surface area (Å²) in [6.07, 6.45) is -6.71. The number of rotatable bonds is 6. The minimum absolute atomic E-state index is 0.215. The van der Waals surface area contributed by atoms with E-state index < -0.39 is 24.2 Å². The van der Waals surface area contributed by atoms with E-state index in [1.165, 1.54) is 6.07 Å². The van der Waals surface area contributed by atoms with Gasteiger partial charge in [0.1, 0.15) is 5.82 Å². The molecule has 0 saturated carbocycles. The predicted molar refractivity (Wildman–Crippen MR) is 143 cm³/mol. The van der Waals surface area contributed by atoms with Crippen molar-refractivity contribution in [3.63, 3.8) is 0 Å². The van der Waals surface area contributed by atoms with E-state index in [9.17, 15) is 18.3 Å². The highest BCUT2D eigenvalue weighted by Crippen LogP contribution is 2.48. The maximum Gasteiger partial charge on any atom is 0.416 e. The number of aliphatic hydroxyl groups excluding tert-OH is 1. The maximum absolute atomic E-state index is 15.2. The highest BCUT2D eigenvalue weighted by Gasteiger charge is 2.47. The van der Waals surface area contributed by atoms with Gasteiger partial charge in [-0.1, -0.05) is 78.4 Å². The van der Waals surface area contributed by atoms with Gasteiger partial charge >= 0.3 is 6.18 Å². The minimum atomic E-state index is -4.73. The Bertz CT molecular complexity index is 1460.